The smallest absolute Gasteiger partial charge is 0.280 e. The first-order chi connectivity index (χ1) is 11.9. The average Bonchev–Trinajstić information content (AvgIpc) is 3.14. The standard InChI is InChI=1S/C17H22N4O3S/c1-10(2)9-18-15(22)16-19-12-4-6-21(7-5-14(12)25-16)17(23)13-8-11(3)24-20-13/h8,10H,4-7,9H2,1-3H3,(H,18,22). The van der Waals surface area contributed by atoms with Crippen LogP contribution in [0.25, 0.3) is 0 Å². The summed E-state index contributed by atoms with van der Waals surface area (Å²) in [5, 5.41) is 7.21. The van der Waals surface area contributed by atoms with Crippen molar-refractivity contribution < 1.29 is 14.1 Å². The van der Waals surface area contributed by atoms with E-state index in [4.69, 9.17) is 4.52 Å². The van der Waals surface area contributed by atoms with Crippen LogP contribution in [0.5, 0.6) is 0 Å². The molecule has 0 aliphatic carbocycles. The molecule has 0 spiro atoms. The first kappa shape index (κ1) is 17.6. The Morgan fingerprint density at radius 3 is 2.80 bits per heavy atom. The van der Waals surface area contributed by atoms with Crippen molar-refractivity contribution in [3.63, 3.8) is 0 Å². The zero-order chi connectivity index (χ0) is 18.0. The number of aryl methyl sites for hydroxylation is 1. The molecule has 8 heteroatoms. The van der Waals surface area contributed by atoms with Crippen molar-refractivity contribution in [1.29, 1.82) is 0 Å². The first-order valence-corrected chi connectivity index (χ1v) is 9.25. The number of carbonyl (C=O) groups excluding carboxylic acids is 2. The number of rotatable bonds is 4. The number of carbonyl (C=O) groups is 2. The summed E-state index contributed by atoms with van der Waals surface area (Å²) in [5.74, 6) is 0.789. The molecule has 0 bridgehead atoms. The molecule has 0 saturated carbocycles. The van der Waals surface area contributed by atoms with Crippen molar-refractivity contribution in [3.8, 4) is 0 Å². The molecule has 2 aromatic heterocycles. The Morgan fingerprint density at radius 2 is 2.12 bits per heavy atom. The van der Waals surface area contributed by atoms with Gasteiger partial charge in [0.05, 0.1) is 5.69 Å². The summed E-state index contributed by atoms with van der Waals surface area (Å²) < 4.78 is 4.98. The van der Waals surface area contributed by atoms with E-state index in [0.29, 0.717) is 54.9 Å². The Kier molecular flexibility index (Phi) is 5.17. The molecular formula is C17H22N4O3S. The quantitative estimate of drug-likeness (QED) is 0.899. The van der Waals surface area contributed by atoms with E-state index < -0.39 is 0 Å². The fraction of sp³-hybridized carbons (Fsp3) is 0.529. The van der Waals surface area contributed by atoms with Crippen molar-refractivity contribution >= 4 is 23.2 Å². The molecule has 3 rings (SSSR count). The van der Waals surface area contributed by atoms with E-state index in [9.17, 15) is 9.59 Å². The van der Waals surface area contributed by atoms with E-state index in [1.807, 2.05) is 0 Å². The molecule has 1 aliphatic heterocycles. The topological polar surface area (TPSA) is 88.3 Å². The molecule has 0 unspecified atom stereocenters. The lowest BCUT2D eigenvalue weighted by Gasteiger charge is -2.18. The fourth-order valence-corrected chi connectivity index (χ4v) is 3.68. The molecule has 1 aliphatic rings. The molecule has 3 heterocycles. The maximum atomic E-state index is 12.5. The van der Waals surface area contributed by atoms with Gasteiger partial charge in [-0.25, -0.2) is 4.98 Å². The summed E-state index contributed by atoms with van der Waals surface area (Å²) >= 11 is 1.43. The maximum Gasteiger partial charge on any atom is 0.280 e. The molecule has 7 nitrogen and oxygen atoms in total. The molecule has 2 amide bonds. The van der Waals surface area contributed by atoms with Crippen molar-refractivity contribution in [2.45, 2.75) is 33.6 Å². The molecular weight excluding hydrogens is 340 g/mol. The van der Waals surface area contributed by atoms with Crippen LogP contribution in [0, 0.1) is 12.8 Å². The number of thiazole rings is 1. The monoisotopic (exact) mass is 362 g/mol. The molecule has 25 heavy (non-hydrogen) atoms. The Balaban J connectivity index is 1.65. The fourth-order valence-electron chi connectivity index (χ4n) is 2.66. The number of hydrogen-bond donors (Lipinski definition) is 1. The molecule has 1 N–H and O–H groups in total. The zero-order valence-electron chi connectivity index (χ0n) is 14.7. The molecule has 0 radical (unpaired) electrons. The van der Waals surface area contributed by atoms with E-state index in [2.05, 4.69) is 29.3 Å². The average molecular weight is 362 g/mol. The van der Waals surface area contributed by atoms with Gasteiger partial charge in [-0.2, -0.15) is 0 Å². The Bertz CT molecular complexity index is 755. The van der Waals surface area contributed by atoms with Gasteiger partial charge in [-0.05, 0) is 12.8 Å². The summed E-state index contributed by atoms with van der Waals surface area (Å²) in [4.78, 5) is 32.0. The predicted octanol–water partition coefficient (Wildman–Crippen LogP) is 2.07. The Labute approximate surface area is 150 Å². The maximum absolute atomic E-state index is 12.5. The van der Waals surface area contributed by atoms with Gasteiger partial charge in [0.2, 0.25) is 0 Å². The Morgan fingerprint density at radius 1 is 1.36 bits per heavy atom. The minimum Gasteiger partial charge on any atom is -0.361 e. The van der Waals surface area contributed by atoms with Crippen LogP contribution in [0.4, 0.5) is 0 Å². The van der Waals surface area contributed by atoms with Crippen LogP contribution in [-0.2, 0) is 12.8 Å². The molecule has 0 atom stereocenters. The number of fused-ring (bicyclic) bond motifs is 1. The number of hydrogen-bond acceptors (Lipinski definition) is 6. The number of amides is 2. The lowest BCUT2D eigenvalue weighted by Crippen LogP contribution is -2.33. The van der Waals surface area contributed by atoms with Crippen molar-refractivity contribution in [2.24, 2.45) is 5.92 Å². The highest BCUT2D eigenvalue weighted by Crippen LogP contribution is 2.23. The molecule has 2 aromatic rings. The summed E-state index contributed by atoms with van der Waals surface area (Å²) in [6.45, 7) is 7.67. The first-order valence-electron chi connectivity index (χ1n) is 8.43. The lowest BCUT2D eigenvalue weighted by molar-refractivity contribution is 0.0752. The van der Waals surface area contributed by atoms with Crippen LogP contribution in [0.15, 0.2) is 10.6 Å². The number of nitrogens with one attached hydrogen (secondary N) is 1. The Hall–Kier alpha value is -2.22. The third-order valence-corrected chi connectivity index (χ3v) is 5.16. The van der Waals surface area contributed by atoms with E-state index >= 15 is 0 Å². The van der Waals surface area contributed by atoms with E-state index in [1.165, 1.54) is 11.3 Å². The predicted molar refractivity (Wildman–Crippen MR) is 93.8 cm³/mol. The second-order valence-electron chi connectivity index (χ2n) is 6.61. The zero-order valence-corrected chi connectivity index (χ0v) is 15.5. The minimum atomic E-state index is -0.123. The van der Waals surface area contributed by atoms with Crippen LogP contribution in [0.3, 0.4) is 0 Å². The van der Waals surface area contributed by atoms with Gasteiger partial charge < -0.3 is 14.7 Å². The second kappa shape index (κ2) is 7.35. The third kappa shape index (κ3) is 4.07. The SMILES string of the molecule is Cc1cc(C(=O)N2CCc3nc(C(=O)NCC(C)C)sc3CC2)no1. The van der Waals surface area contributed by atoms with Crippen molar-refractivity contribution in [3.05, 3.63) is 33.1 Å². The van der Waals surface area contributed by atoms with Gasteiger partial charge in [-0.3, -0.25) is 9.59 Å². The molecule has 0 fully saturated rings. The highest BCUT2D eigenvalue weighted by molar-refractivity contribution is 7.13. The minimum absolute atomic E-state index is 0.113. The highest BCUT2D eigenvalue weighted by atomic mass is 32.1. The van der Waals surface area contributed by atoms with E-state index in [0.717, 1.165) is 10.6 Å². The van der Waals surface area contributed by atoms with Crippen LogP contribution < -0.4 is 5.32 Å². The molecule has 0 aromatic carbocycles. The third-order valence-electron chi connectivity index (χ3n) is 4.00. The van der Waals surface area contributed by atoms with Crippen LogP contribution in [-0.4, -0.2) is 46.5 Å². The summed E-state index contributed by atoms with van der Waals surface area (Å²) in [7, 11) is 0. The van der Waals surface area contributed by atoms with Gasteiger partial charge in [0.1, 0.15) is 5.76 Å². The highest BCUT2D eigenvalue weighted by Gasteiger charge is 2.25. The molecule has 0 saturated heterocycles. The van der Waals surface area contributed by atoms with E-state index in [1.54, 1.807) is 17.9 Å². The van der Waals surface area contributed by atoms with Crippen LogP contribution >= 0.6 is 11.3 Å². The number of aromatic nitrogens is 2. The lowest BCUT2D eigenvalue weighted by atomic mass is 10.2. The summed E-state index contributed by atoms with van der Waals surface area (Å²) in [6, 6.07) is 1.65. The number of nitrogens with zero attached hydrogens (tertiary/aromatic N) is 3. The van der Waals surface area contributed by atoms with E-state index in [-0.39, 0.29) is 11.8 Å². The van der Waals surface area contributed by atoms with Crippen molar-refractivity contribution in [1.82, 2.24) is 20.4 Å². The molecule has 134 valence electrons. The summed E-state index contributed by atoms with van der Waals surface area (Å²) in [6.07, 6.45) is 1.35. The second-order valence-corrected chi connectivity index (χ2v) is 7.69. The van der Waals surface area contributed by atoms with Crippen LogP contribution in [0.2, 0.25) is 0 Å². The van der Waals surface area contributed by atoms with Gasteiger partial charge in [0.15, 0.2) is 10.7 Å². The van der Waals surface area contributed by atoms with Gasteiger partial charge >= 0.3 is 0 Å². The largest absolute Gasteiger partial charge is 0.361 e. The van der Waals surface area contributed by atoms with Crippen LogP contribution in [0.1, 0.15) is 50.5 Å². The normalized spacial score (nSPS) is 14.3. The van der Waals surface area contributed by atoms with Crippen molar-refractivity contribution in [2.75, 3.05) is 19.6 Å². The summed E-state index contributed by atoms with van der Waals surface area (Å²) in [5.41, 5.74) is 1.26. The van der Waals surface area contributed by atoms with Gasteiger partial charge in [0.25, 0.3) is 11.8 Å². The van der Waals surface area contributed by atoms with Gasteiger partial charge in [0, 0.05) is 43.4 Å². The van der Waals surface area contributed by atoms with Gasteiger partial charge in [-0.1, -0.05) is 19.0 Å². The van der Waals surface area contributed by atoms with Gasteiger partial charge in [-0.15, -0.1) is 11.3 Å².